The molecule has 0 amide bonds. The second-order valence-corrected chi connectivity index (χ2v) is 3.53. The van der Waals surface area contributed by atoms with Crippen molar-refractivity contribution in [3.63, 3.8) is 0 Å². The number of rotatable bonds is 4. The summed E-state index contributed by atoms with van der Waals surface area (Å²) in [5.41, 5.74) is 2.14. The van der Waals surface area contributed by atoms with Crippen LogP contribution in [0, 0.1) is 6.92 Å². The molecule has 0 atom stereocenters. The summed E-state index contributed by atoms with van der Waals surface area (Å²) in [7, 11) is 1.66. The van der Waals surface area contributed by atoms with E-state index in [9.17, 15) is 0 Å². The number of methoxy groups -OCH3 is 1. The molecule has 0 fully saturated rings. The summed E-state index contributed by atoms with van der Waals surface area (Å²) >= 11 is 0. The van der Waals surface area contributed by atoms with Crippen LogP contribution >= 0.6 is 0 Å². The van der Waals surface area contributed by atoms with Gasteiger partial charge in [0.25, 0.3) is 0 Å². The van der Waals surface area contributed by atoms with Crippen molar-refractivity contribution in [2.75, 3.05) is 12.4 Å². The van der Waals surface area contributed by atoms with Gasteiger partial charge < -0.3 is 14.5 Å². The fourth-order valence-electron chi connectivity index (χ4n) is 1.47. The van der Waals surface area contributed by atoms with Crippen molar-refractivity contribution in [1.29, 1.82) is 0 Å². The van der Waals surface area contributed by atoms with Crippen LogP contribution in [0.3, 0.4) is 0 Å². The average Bonchev–Trinajstić information content (AvgIpc) is 2.79. The molecule has 0 unspecified atom stereocenters. The molecule has 1 N–H and O–H groups in total. The van der Waals surface area contributed by atoms with E-state index in [1.54, 1.807) is 13.3 Å². The van der Waals surface area contributed by atoms with Gasteiger partial charge in [-0.2, -0.15) is 0 Å². The minimum atomic E-state index is 0.597. The third kappa shape index (κ3) is 2.34. The molecule has 0 bridgehead atoms. The molecule has 84 valence electrons. The molecule has 0 saturated carbocycles. The zero-order valence-corrected chi connectivity index (χ0v) is 9.36. The fraction of sp³-hybridized carbons (Fsp3) is 0.250. The molecule has 1 aromatic carbocycles. The van der Waals surface area contributed by atoms with Gasteiger partial charge in [0, 0.05) is 0 Å². The lowest BCUT2D eigenvalue weighted by Crippen LogP contribution is -2.00. The summed E-state index contributed by atoms with van der Waals surface area (Å²) in [6.45, 7) is 2.64. The SMILES string of the molecule is COc1ccc(C)cc1NCc1cnco1. The summed E-state index contributed by atoms with van der Waals surface area (Å²) in [6.07, 6.45) is 3.11. The van der Waals surface area contributed by atoms with Crippen LogP contribution in [0.2, 0.25) is 0 Å². The summed E-state index contributed by atoms with van der Waals surface area (Å²) in [6, 6.07) is 5.99. The minimum absolute atomic E-state index is 0.597. The largest absolute Gasteiger partial charge is 0.495 e. The molecular formula is C12H14N2O2. The van der Waals surface area contributed by atoms with Crippen LogP contribution in [-0.2, 0) is 6.54 Å². The van der Waals surface area contributed by atoms with E-state index in [4.69, 9.17) is 9.15 Å². The standard InChI is InChI=1S/C12H14N2O2/c1-9-3-4-12(15-2)11(5-9)14-7-10-6-13-8-16-10/h3-6,8,14H,7H2,1-2H3. The van der Waals surface area contributed by atoms with E-state index in [1.807, 2.05) is 25.1 Å². The molecule has 0 aliphatic carbocycles. The summed E-state index contributed by atoms with van der Waals surface area (Å²) < 4.78 is 10.4. The molecule has 2 aromatic rings. The quantitative estimate of drug-likeness (QED) is 0.856. The van der Waals surface area contributed by atoms with E-state index in [-0.39, 0.29) is 0 Å². The summed E-state index contributed by atoms with van der Waals surface area (Å²) in [4.78, 5) is 3.86. The summed E-state index contributed by atoms with van der Waals surface area (Å²) in [5.74, 6) is 1.62. The molecule has 4 nitrogen and oxygen atoms in total. The number of hydrogen-bond acceptors (Lipinski definition) is 4. The van der Waals surface area contributed by atoms with Gasteiger partial charge in [-0.05, 0) is 24.6 Å². The van der Waals surface area contributed by atoms with E-state index in [1.165, 1.54) is 12.0 Å². The Balaban J connectivity index is 2.11. The lowest BCUT2D eigenvalue weighted by molar-refractivity contribution is 0.416. The smallest absolute Gasteiger partial charge is 0.180 e. The van der Waals surface area contributed by atoms with Crippen molar-refractivity contribution in [2.24, 2.45) is 0 Å². The number of ether oxygens (including phenoxy) is 1. The van der Waals surface area contributed by atoms with E-state index in [2.05, 4.69) is 10.3 Å². The third-order valence-corrected chi connectivity index (χ3v) is 2.29. The Labute approximate surface area is 94.3 Å². The number of nitrogens with zero attached hydrogens (tertiary/aromatic N) is 1. The van der Waals surface area contributed by atoms with E-state index in [0.717, 1.165) is 17.2 Å². The van der Waals surface area contributed by atoms with Crippen molar-refractivity contribution in [3.8, 4) is 5.75 Å². The minimum Gasteiger partial charge on any atom is -0.495 e. The first-order valence-electron chi connectivity index (χ1n) is 5.05. The zero-order valence-electron chi connectivity index (χ0n) is 9.36. The number of aromatic nitrogens is 1. The highest BCUT2D eigenvalue weighted by molar-refractivity contribution is 5.57. The van der Waals surface area contributed by atoms with Crippen LogP contribution in [-0.4, -0.2) is 12.1 Å². The van der Waals surface area contributed by atoms with Gasteiger partial charge in [0.05, 0.1) is 25.5 Å². The number of aryl methyl sites for hydroxylation is 1. The van der Waals surface area contributed by atoms with Crippen LogP contribution in [0.4, 0.5) is 5.69 Å². The maximum Gasteiger partial charge on any atom is 0.180 e. The normalized spacial score (nSPS) is 10.1. The van der Waals surface area contributed by atoms with Crippen molar-refractivity contribution < 1.29 is 9.15 Å². The van der Waals surface area contributed by atoms with Crippen LogP contribution in [0.5, 0.6) is 5.75 Å². The van der Waals surface area contributed by atoms with Gasteiger partial charge in [0.2, 0.25) is 0 Å². The highest BCUT2D eigenvalue weighted by Gasteiger charge is 2.03. The first-order chi connectivity index (χ1) is 7.79. The van der Waals surface area contributed by atoms with Gasteiger partial charge in [-0.3, -0.25) is 0 Å². The Morgan fingerprint density at radius 3 is 3.00 bits per heavy atom. The van der Waals surface area contributed by atoms with Gasteiger partial charge >= 0.3 is 0 Å². The van der Waals surface area contributed by atoms with Gasteiger partial charge in [-0.15, -0.1) is 0 Å². The molecule has 1 aromatic heterocycles. The Morgan fingerprint density at radius 2 is 2.31 bits per heavy atom. The first kappa shape index (κ1) is 10.5. The van der Waals surface area contributed by atoms with Gasteiger partial charge in [0.1, 0.15) is 11.5 Å². The van der Waals surface area contributed by atoms with Crippen LogP contribution < -0.4 is 10.1 Å². The lowest BCUT2D eigenvalue weighted by atomic mass is 10.2. The average molecular weight is 218 g/mol. The molecular weight excluding hydrogens is 204 g/mol. The van der Waals surface area contributed by atoms with Crippen molar-refractivity contribution in [2.45, 2.75) is 13.5 Å². The van der Waals surface area contributed by atoms with Crippen molar-refractivity contribution >= 4 is 5.69 Å². The number of anilines is 1. The van der Waals surface area contributed by atoms with E-state index in [0.29, 0.717) is 6.54 Å². The van der Waals surface area contributed by atoms with Crippen molar-refractivity contribution in [3.05, 3.63) is 42.1 Å². The molecule has 2 rings (SSSR count). The Bertz CT molecular complexity index is 452. The van der Waals surface area contributed by atoms with Gasteiger partial charge in [-0.1, -0.05) is 6.07 Å². The van der Waals surface area contributed by atoms with Crippen molar-refractivity contribution in [1.82, 2.24) is 4.98 Å². The topological polar surface area (TPSA) is 47.3 Å². The number of benzene rings is 1. The molecule has 0 radical (unpaired) electrons. The number of hydrogen-bond donors (Lipinski definition) is 1. The van der Waals surface area contributed by atoms with Gasteiger partial charge in [-0.25, -0.2) is 4.98 Å². The number of nitrogens with one attached hydrogen (secondary N) is 1. The van der Waals surface area contributed by atoms with Crippen LogP contribution in [0.25, 0.3) is 0 Å². The van der Waals surface area contributed by atoms with Gasteiger partial charge in [0.15, 0.2) is 6.39 Å². The second-order valence-electron chi connectivity index (χ2n) is 3.53. The predicted octanol–water partition coefficient (Wildman–Crippen LogP) is 2.60. The Morgan fingerprint density at radius 1 is 1.44 bits per heavy atom. The third-order valence-electron chi connectivity index (χ3n) is 2.29. The van der Waals surface area contributed by atoms with E-state index >= 15 is 0 Å². The highest BCUT2D eigenvalue weighted by Crippen LogP contribution is 2.25. The Hall–Kier alpha value is -1.97. The zero-order chi connectivity index (χ0) is 11.4. The maximum atomic E-state index is 5.26. The predicted molar refractivity (Wildman–Crippen MR) is 61.6 cm³/mol. The molecule has 0 aliphatic heterocycles. The number of oxazole rings is 1. The second kappa shape index (κ2) is 4.70. The van der Waals surface area contributed by atoms with Crippen LogP contribution in [0.1, 0.15) is 11.3 Å². The summed E-state index contributed by atoms with van der Waals surface area (Å²) in [5, 5.41) is 3.25. The van der Waals surface area contributed by atoms with E-state index < -0.39 is 0 Å². The first-order valence-corrected chi connectivity index (χ1v) is 5.05. The molecule has 0 aliphatic rings. The Kier molecular flexibility index (Phi) is 3.10. The van der Waals surface area contributed by atoms with Crippen LogP contribution in [0.15, 0.2) is 35.2 Å². The lowest BCUT2D eigenvalue weighted by Gasteiger charge is -2.10. The molecule has 16 heavy (non-hydrogen) atoms. The molecule has 1 heterocycles. The maximum absolute atomic E-state index is 5.26. The molecule has 4 heteroatoms. The monoisotopic (exact) mass is 218 g/mol. The molecule has 0 saturated heterocycles. The fourth-order valence-corrected chi connectivity index (χ4v) is 1.47. The molecule has 0 spiro atoms. The highest BCUT2D eigenvalue weighted by atomic mass is 16.5.